The third kappa shape index (κ3) is 4.06. The Hall–Kier alpha value is -0.130. The topological polar surface area (TPSA) is 40.5 Å². The van der Waals surface area contributed by atoms with Crippen molar-refractivity contribution in [1.82, 2.24) is 4.90 Å². The number of carboxylic acids is 1. The van der Waals surface area contributed by atoms with E-state index in [1.165, 1.54) is 0 Å². The van der Waals surface area contributed by atoms with E-state index in [0.29, 0.717) is 6.54 Å². The number of hydrogen-bond acceptors (Lipinski definition) is 4. The van der Waals surface area contributed by atoms with Crippen LogP contribution in [0.3, 0.4) is 0 Å². The molecule has 1 saturated heterocycles. The standard InChI is InChI=1S/C8H13NO2S2/c1-7(8(10)11)6-9-2-4-12-13-5-3-9/h1-6H2,(H,10,11). The SMILES string of the molecule is C=C(CN1CCSSCC1)C(=O)O. The summed E-state index contributed by atoms with van der Waals surface area (Å²) in [5.41, 5.74) is 0.289. The Bertz CT molecular complexity index is 200. The summed E-state index contributed by atoms with van der Waals surface area (Å²) in [6, 6.07) is 0. The second-order valence-electron chi connectivity index (χ2n) is 2.83. The minimum atomic E-state index is -0.885. The van der Waals surface area contributed by atoms with Gasteiger partial charge in [0.2, 0.25) is 0 Å². The Balaban J connectivity index is 2.33. The van der Waals surface area contributed by atoms with Crippen LogP contribution in [-0.4, -0.2) is 47.1 Å². The molecule has 0 atom stereocenters. The highest BCUT2D eigenvalue weighted by Crippen LogP contribution is 2.23. The van der Waals surface area contributed by atoms with E-state index in [2.05, 4.69) is 11.5 Å². The van der Waals surface area contributed by atoms with Gasteiger partial charge in [-0.15, -0.1) is 0 Å². The Morgan fingerprint density at radius 3 is 2.38 bits per heavy atom. The maximum absolute atomic E-state index is 10.5. The van der Waals surface area contributed by atoms with Crippen LogP contribution in [0, 0.1) is 0 Å². The van der Waals surface area contributed by atoms with Gasteiger partial charge >= 0.3 is 5.97 Å². The molecule has 1 aliphatic rings. The fourth-order valence-corrected chi connectivity index (χ4v) is 3.11. The largest absolute Gasteiger partial charge is 0.478 e. The second-order valence-corrected chi connectivity index (χ2v) is 5.53. The quantitative estimate of drug-likeness (QED) is 0.573. The minimum absolute atomic E-state index is 0.289. The van der Waals surface area contributed by atoms with Crippen molar-refractivity contribution in [2.24, 2.45) is 0 Å². The van der Waals surface area contributed by atoms with Gasteiger partial charge in [-0.05, 0) is 0 Å². The predicted molar refractivity (Wildman–Crippen MR) is 58.1 cm³/mol. The molecule has 1 fully saturated rings. The molecule has 13 heavy (non-hydrogen) atoms. The van der Waals surface area contributed by atoms with Crippen molar-refractivity contribution in [2.75, 3.05) is 31.1 Å². The maximum Gasteiger partial charge on any atom is 0.332 e. The van der Waals surface area contributed by atoms with E-state index < -0.39 is 5.97 Å². The van der Waals surface area contributed by atoms with Crippen molar-refractivity contribution in [3.05, 3.63) is 12.2 Å². The number of hydrogen-bond donors (Lipinski definition) is 1. The van der Waals surface area contributed by atoms with Gasteiger partial charge in [0, 0.05) is 36.7 Å². The lowest BCUT2D eigenvalue weighted by Gasteiger charge is -2.18. The molecule has 0 aromatic heterocycles. The molecule has 1 rings (SSSR count). The van der Waals surface area contributed by atoms with Crippen molar-refractivity contribution in [1.29, 1.82) is 0 Å². The normalized spacial score (nSPS) is 19.4. The van der Waals surface area contributed by atoms with Crippen LogP contribution < -0.4 is 0 Å². The Kier molecular flexibility index (Phi) is 4.69. The second kappa shape index (κ2) is 5.57. The van der Waals surface area contributed by atoms with Gasteiger partial charge in [-0.3, -0.25) is 4.90 Å². The third-order valence-electron chi connectivity index (χ3n) is 1.78. The van der Waals surface area contributed by atoms with Gasteiger partial charge in [0.15, 0.2) is 0 Å². The number of nitrogens with zero attached hydrogens (tertiary/aromatic N) is 1. The van der Waals surface area contributed by atoms with Crippen LogP contribution in [0.4, 0.5) is 0 Å². The van der Waals surface area contributed by atoms with Crippen LogP contribution in [0.15, 0.2) is 12.2 Å². The molecule has 5 heteroatoms. The van der Waals surface area contributed by atoms with Crippen molar-refractivity contribution >= 4 is 27.6 Å². The molecule has 1 heterocycles. The molecule has 1 N–H and O–H groups in total. The molecule has 0 aromatic carbocycles. The molecule has 74 valence electrons. The van der Waals surface area contributed by atoms with E-state index in [1.54, 1.807) is 0 Å². The highest BCUT2D eigenvalue weighted by molar-refractivity contribution is 8.76. The summed E-state index contributed by atoms with van der Waals surface area (Å²) >= 11 is 0. The van der Waals surface area contributed by atoms with Crippen LogP contribution >= 0.6 is 21.6 Å². The minimum Gasteiger partial charge on any atom is -0.478 e. The van der Waals surface area contributed by atoms with Crippen LogP contribution in [0.2, 0.25) is 0 Å². The monoisotopic (exact) mass is 219 g/mol. The van der Waals surface area contributed by atoms with Gasteiger partial charge in [0.05, 0.1) is 0 Å². The summed E-state index contributed by atoms with van der Waals surface area (Å²) in [5, 5.41) is 8.65. The fraction of sp³-hybridized carbons (Fsp3) is 0.625. The molecule has 0 aliphatic carbocycles. The van der Waals surface area contributed by atoms with Crippen molar-refractivity contribution in [3.8, 4) is 0 Å². The number of aliphatic carboxylic acids is 1. The average Bonchev–Trinajstić information content (AvgIpc) is 2.32. The number of carbonyl (C=O) groups is 1. The average molecular weight is 219 g/mol. The van der Waals surface area contributed by atoms with E-state index in [4.69, 9.17) is 5.11 Å². The van der Waals surface area contributed by atoms with Crippen molar-refractivity contribution < 1.29 is 9.90 Å². The molecule has 0 unspecified atom stereocenters. The van der Waals surface area contributed by atoms with Gasteiger partial charge < -0.3 is 5.11 Å². The summed E-state index contributed by atoms with van der Waals surface area (Å²) in [7, 11) is 3.71. The van der Waals surface area contributed by atoms with Crippen LogP contribution in [0.5, 0.6) is 0 Å². The lowest BCUT2D eigenvalue weighted by atomic mass is 10.3. The molecule has 0 aromatic rings. The summed E-state index contributed by atoms with van der Waals surface area (Å²) < 4.78 is 0. The predicted octanol–water partition coefficient (Wildman–Crippen LogP) is 1.32. The first kappa shape index (κ1) is 10.9. The van der Waals surface area contributed by atoms with Crippen LogP contribution in [0.1, 0.15) is 0 Å². The number of carboxylic acid groups (broad SMARTS) is 1. The Morgan fingerprint density at radius 2 is 1.92 bits per heavy atom. The third-order valence-corrected chi connectivity index (χ3v) is 4.15. The van der Waals surface area contributed by atoms with E-state index >= 15 is 0 Å². The summed E-state index contributed by atoms with van der Waals surface area (Å²) in [5.74, 6) is 1.25. The highest BCUT2D eigenvalue weighted by atomic mass is 33.1. The van der Waals surface area contributed by atoms with E-state index in [1.807, 2.05) is 21.6 Å². The summed E-state index contributed by atoms with van der Waals surface area (Å²) in [6.07, 6.45) is 0. The van der Waals surface area contributed by atoms with E-state index in [0.717, 1.165) is 24.6 Å². The molecule has 0 bridgehead atoms. The molecule has 0 amide bonds. The lowest BCUT2D eigenvalue weighted by Crippen LogP contribution is -2.30. The zero-order valence-corrected chi connectivity index (χ0v) is 8.99. The first-order valence-electron chi connectivity index (χ1n) is 4.08. The molecule has 1 aliphatic heterocycles. The van der Waals surface area contributed by atoms with Gasteiger partial charge in [0.1, 0.15) is 0 Å². The van der Waals surface area contributed by atoms with Crippen LogP contribution in [-0.2, 0) is 4.79 Å². The van der Waals surface area contributed by atoms with Crippen molar-refractivity contribution in [3.63, 3.8) is 0 Å². The zero-order chi connectivity index (χ0) is 9.68. The maximum atomic E-state index is 10.5. The van der Waals surface area contributed by atoms with E-state index in [9.17, 15) is 4.79 Å². The molecular formula is C8H13NO2S2. The highest BCUT2D eigenvalue weighted by Gasteiger charge is 2.13. The van der Waals surface area contributed by atoms with Crippen molar-refractivity contribution in [2.45, 2.75) is 0 Å². The summed E-state index contributed by atoms with van der Waals surface area (Å²) in [6.45, 7) is 5.95. The van der Waals surface area contributed by atoms with Crippen LogP contribution in [0.25, 0.3) is 0 Å². The summed E-state index contributed by atoms with van der Waals surface area (Å²) in [4.78, 5) is 12.7. The number of rotatable bonds is 3. The Morgan fingerprint density at radius 1 is 1.38 bits per heavy atom. The molecule has 0 radical (unpaired) electrons. The van der Waals surface area contributed by atoms with Gasteiger partial charge in [-0.1, -0.05) is 28.2 Å². The van der Waals surface area contributed by atoms with E-state index in [-0.39, 0.29) is 5.57 Å². The first-order valence-corrected chi connectivity index (χ1v) is 6.57. The van der Waals surface area contributed by atoms with Gasteiger partial charge in [-0.25, -0.2) is 4.79 Å². The Labute approximate surface area is 86.0 Å². The molecule has 0 spiro atoms. The first-order chi connectivity index (χ1) is 6.20. The fourth-order valence-electron chi connectivity index (χ4n) is 1.06. The zero-order valence-electron chi connectivity index (χ0n) is 7.36. The smallest absolute Gasteiger partial charge is 0.332 e. The van der Waals surface area contributed by atoms with Gasteiger partial charge in [-0.2, -0.15) is 0 Å². The lowest BCUT2D eigenvalue weighted by molar-refractivity contribution is -0.132. The van der Waals surface area contributed by atoms with Gasteiger partial charge in [0.25, 0.3) is 0 Å². The molecule has 0 saturated carbocycles. The molecular weight excluding hydrogens is 206 g/mol. The molecule has 3 nitrogen and oxygen atoms in total.